The van der Waals surface area contributed by atoms with Crippen LogP contribution in [0.1, 0.15) is 6.92 Å². The van der Waals surface area contributed by atoms with E-state index >= 15 is 0 Å². The van der Waals surface area contributed by atoms with E-state index in [-0.39, 0.29) is 5.78 Å². The lowest BCUT2D eigenvalue weighted by molar-refractivity contribution is -0.113. The molecule has 3 heteroatoms. The SMILES string of the molecule is C=C(CO[Si](C)(C)C)C(C)=O. The minimum absolute atomic E-state index is 0.0169. The van der Waals surface area contributed by atoms with E-state index in [1.165, 1.54) is 6.92 Å². The molecular weight excluding hydrogens is 156 g/mol. The van der Waals surface area contributed by atoms with E-state index in [2.05, 4.69) is 26.2 Å². The molecule has 0 radical (unpaired) electrons. The van der Waals surface area contributed by atoms with E-state index in [1.54, 1.807) is 0 Å². The van der Waals surface area contributed by atoms with E-state index in [0.29, 0.717) is 12.2 Å². The Hall–Kier alpha value is -0.413. The molecule has 0 amide bonds. The fourth-order valence-electron chi connectivity index (χ4n) is 0.405. The van der Waals surface area contributed by atoms with E-state index in [0.717, 1.165) is 0 Å². The molecule has 0 saturated heterocycles. The van der Waals surface area contributed by atoms with Crippen molar-refractivity contribution in [3.8, 4) is 0 Å². The van der Waals surface area contributed by atoms with Crippen LogP contribution in [0.25, 0.3) is 0 Å². The summed E-state index contributed by atoms with van der Waals surface area (Å²) < 4.78 is 5.47. The van der Waals surface area contributed by atoms with Crippen LogP contribution in [-0.4, -0.2) is 20.7 Å². The molecule has 0 rings (SSSR count). The summed E-state index contributed by atoms with van der Waals surface area (Å²) >= 11 is 0. The van der Waals surface area contributed by atoms with Crippen molar-refractivity contribution in [3.05, 3.63) is 12.2 Å². The molecule has 0 heterocycles. The van der Waals surface area contributed by atoms with Gasteiger partial charge in [0.15, 0.2) is 14.1 Å². The van der Waals surface area contributed by atoms with E-state index in [1.807, 2.05) is 0 Å². The number of rotatable bonds is 4. The number of hydrogen-bond acceptors (Lipinski definition) is 2. The van der Waals surface area contributed by atoms with Gasteiger partial charge in [0.1, 0.15) is 0 Å². The van der Waals surface area contributed by atoms with Crippen molar-refractivity contribution in [2.75, 3.05) is 6.61 Å². The standard InChI is InChI=1S/C8H16O2Si/c1-7(8(2)9)6-10-11(3,4)5/h1,6H2,2-5H3. The molecule has 0 spiro atoms. The van der Waals surface area contributed by atoms with Crippen LogP contribution in [0.15, 0.2) is 12.2 Å². The summed E-state index contributed by atoms with van der Waals surface area (Å²) in [5, 5.41) is 0. The topological polar surface area (TPSA) is 26.3 Å². The van der Waals surface area contributed by atoms with Crippen molar-refractivity contribution in [2.24, 2.45) is 0 Å². The van der Waals surface area contributed by atoms with Gasteiger partial charge in [0.2, 0.25) is 0 Å². The monoisotopic (exact) mass is 172 g/mol. The lowest BCUT2D eigenvalue weighted by atomic mass is 10.2. The van der Waals surface area contributed by atoms with E-state index in [9.17, 15) is 4.79 Å². The van der Waals surface area contributed by atoms with Crippen LogP contribution < -0.4 is 0 Å². The Morgan fingerprint density at radius 1 is 1.45 bits per heavy atom. The van der Waals surface area contributed by atoms with Crippen molar-refractivity contribution in [3.63, 3.8) is 0 Å². The zero-order chi connectivity index (χ0) is 9.07. The summed E-state index contributed by atoms with van der Waals surface area (Å²) in [5.74, 6) is 0.0169. The number of hydrogen-bond donors (Lipinski definition) is 0. The van der Waals surface area contributed by atoms with Gasteiger partial charge in [-0.1, -0.05) is 6.58 Å². The normalized spacial score (nSPS) is 11.3. The van der Waals surface area contributed by atoms with Crippen molar-refractivity contribution in [1.29, 1.82) is 0 Å². The van der Waals surface area contributed by atoms with Crippen LogP contribution >= 0.6 is 0 Å². The molecule has 0 aromatic rings. The largest absolute Gasteiger partial charge is 0.413 e. The second-order valence-electron chi connectivity index (χ2n) is 3.56. The van der Waals surface area contributed by atoms with Crippen molar-refractivity contribution < 1.29 is 9.22 Å². The van der Waals surface area contributed by atoms with Gasteiger partial charge in [-0.2, -0.15) is 0 Å². The smallest absolute Gasteiger partial charge is 0.184 e. The maximum Gasteiger partial charge on any atom is 0.184 e. The van der Waals surface area contributed by atoms with E-state index < -0.39 is 8.32 Å². The van der Waals surface area contributed by atoms with Crippen LogP contribution in [0.2, 0.25) is 19.6 Å². The lowest BCUT2D eigenvalue weighted by Gasteiger charge is -2.16. The molecule has 0 aliphatic heterocycles. The molecular formula is C8H16O2Si. The van der Waals surface area contributed by atoms with Gasteiger partial charge in [0.05, 0.1) is 6.61 Å². The van der Waals surface area contributed by atoms with Gasteiger partial charge in [0, 0.05) is 5.57 Å². The maximum absolute atomic E-state index is 10.7. The van der Waals surface area contributed by atoms with Gasteiger partial charge < -0.3 is 4.43 Å². The Labute approximate surface area is 69.4 Å². The number of carbonyl (C=O) groups excluding carboxylic acids is 1. The van der Waals surface area contributed by atoms with Crippen LogP contribution in [0, 0.1) is 0 Å². The van der Waals surface area contributed by atoms with Gasteiger partial charge >= 0.3 is 0 Å². The van der Waals surface area contributed by atoms with Gasteiger partial charge in [-0.15, -0.1) is 0 Å². The quantitative estimate of drug-likeness (QED) is 0.479. The fraction of sp³-hybridized carbons (Fsp3) is 0.625. The third-order valence-electron chi connectivity index (χ3n) is 1.18. The molecule has 0 aromatic carbocycles. The lowest BCUT2D eigenvalue weighted by Crippen LogP contribution is -2.27. The Bertz CT molecular complexity index is 167. The fourth-order valence-corrected chi connectivity index (χ4v) is 1.01. The number of Topliss-reactive ketones (excluding diaryl/α,β-unsaturated/α-hetero) is 1. The highest BCUT2D eigenvalue weighted by Gasteiger charge is 2.14. The van der Waals surface area contributed by atoms with Gasteiger partial charge in [0.25, 0.3) is 0 Å². The first kappa shape index (κ1) is 10.6. The third kappa shape index (κ3) is 6.00. The molecule has 0 bridgehead atoms. The van der Waals surface area contributed by atoms with Gasteiger partial charge in [-0.3, -0.25) is 4.79 Å². The van der Waals surface area contributed by atoms with Gasteiger partial charge in [-0.05, 0) is 26.6 Å². The molecule has 0 saturated carbocycles. The highest BCUT2D eigenvalue weighted by atomic mass is 28.4. The molecule has 2 nitrogen and oxygen atoms in total. The molecule has 0 unspecified atom stereocenters. The predicted molar refractivity (Wildman–Crippen MR) is 49.1 cm³/mol. The second kappa shape index (κ2) is 3.83. The Morgan fingerprint density at radius 3 is 2.18 bits per heavy atom. The van der Waals surface area contributed by atoms with E-state index in [4.69, 9.17) is 4.43 Å². The van der Waals surface area contributed by atoms with Crippen molar-refractivity contribution in [2.45, 2.75) is 26.6 Å². The molecule has 0 atom stereocenters. The highest BCUT2D eigenvalue weighted by Crippen LogP contribution is 2.05. The van der Waals surface area contributed by atoms with Crippen LogP contribution in [0.3, 0.4) is 0 Å². The average Bonchev–Trinajstić information content (AvgIpc) is 1.80. The summed E-state index contributed by atoms with van der Waals surface area (Å²) in [6.45, 7) is 11.8. The number of ketones is 1. The molecule has 0 N–H and O–H groups in total. The van der Waals surface area contributed by atoms with Crippen LogP contribution in [0.4, 0.5) is 0 Å². The molecule has 0 fully saturated rings. The van der Waals surface area contributed by atoms with Crippen molar-refractivity contribution >= 4 is 14.1 Å². The maximum atomic E-state index is 10.7. The Morgan fingerprint density at radius 2 is 1.91 bits per heavy atom. The summed E-state index contributed by atoms with van der Waals surface area (Å²) in [6.07, 6.45) is 0. The summed E-state index contributed by atoms with van der Waals surface area (Å²) in [5.41, 5.74) is 0.562. The summed E-state index contributed by atoms with van der Waals surface area (Å²) in [6, 6.07) is 0. The predicted octanol–water partition coefficient (Wildman–Crippen LogP) is 1.98. The number of carbonyl (C=O) groups is 1. The summed E-state index contributed by atoms with van der Waals surface area (Å²) in [7, 11) is -1.48. The van der Waals surface area contributed by atoms with Crippen LogP contribution in [0.5, 0.6) is 0 Å². The average molecular weight is 172 g/mol. The molecule has 0 aliphatic rings. The minimum Gasteiger partial charge on any atom is -0.413 e. The Kier molecular flexibility index (Phi) is 3.69. The first-order chi connectivity index (χ1) is 4.83. The second-order valence-corrected chi connectivity index (χ2v) is 8.07. The first-order valence-corrected chi connectivity index (χ1v) is 7.06. The zero-order valence-corrected chi connectivity index (χ0v) is 8.73. The molecule has 0 aliphatic carbocycles. The zero-order valence-electron chi connectivity index (χ0n) is 7.73. The first-order valence-electron chi connectivity index (χ1n) is 3.65. The Balaban J connectivity index is 3.73. The molecule has 11 heavy (non-hydrogen) atoms. The minimum atomic E-state index is -1.48. The summed E-state index contributed by atoms with van der Waals surface area (Å²) in [4.78, 5) is 10.7. The molecule has 0 aromatic heterocycles. The third-order valence-corrected chi connectivity index (χ3v) is 2.19. The van der Waals surface area contributed by atoms with Crippen LogP contribution in [-0.2, 0) is 9.22 Å². The van der Waals surface area contributed by atoms with Gasteiger partial charge in [-0.25, -0.2) is 0 Å². The van der Waals surface area contributed by atoms with Crippen molar-refractivity contribution in [1.82, 2.24) is 0 Å². The molecule has 64 valence electrons. The highest BCUT2D eigenvalue weighted by molar-refractivity contribution is 6.69.